The number of urea groups is 1. The molecule has 2 rings (SSSR count). The number of hydrogen-bond donors (Lipinski definition) is 3. The van der Waals surface area contributed by atoms with E-state index in [1.807, 2.05) is 6.92 Å². The summed E-state index contributed by atoms with van der Waals surface area (Å²) in [6.07, 6.45) is -0.934. The van der Waals surface area contributed by atoms with Crippen LogP contribution in [0.15, 0.2) is 30.3 Å². The predicted molar refractivity (Wildman–Crippen MR) is 80.9 cm³/mol. The summed E-state index contributed by atoms with van der Waals surface area (Å²) in [7, 11) is 1.78. The molecule has 0 saturated carbocycles. The number of halogens is 1. The van der Waals surface area contributed by atoms with Gasteiger partial charge in [0.05, 0.1) is 12.1 Å². The Balaban J connectivity index is 1.94. The summed E-state index contributed by atoms with van der Waals surface area (Å²) in [4.78, 5) is 11.9. The first-order valence-corrected chi connectivity index (χ1v) is 6.88. The van der Waals surface area contributed by atoms with Crippen molar-refractivity contribution >= 4 is 11.8 Å². The van der Waals surface area contributed by atoms with Crippen LogP contribution in [-0.4, -0.2) is 27.0 Å². The number of aryl methyl sites for hydroxylation is 2. The van der Waals surface area contributed by atoms with Crippen LogP contribution in [0, 0.1) is 12.7 Å². The van der Waals surface area contributed by atoms with E-state index >= 15 is 0 Å². The zero-order valence-electron chi connectivity index (χ0n) is 12.7. The minimum absolute atomic E-state index is 0.375. The second-order valence-electron chi connectivity index (χ2n) is 5.18. The highest BCUT2D eigenvalue weighted by Crippen LogP contribution is 2.17. The quantitative estimate of drug-likeness (QED) is 0.809. The molecule has 2 amide bonds. The van der Waals surface area contributed by atoms with Gasteiger partial charge in [-0.3, -0.25) is 10.00 Å². The first kappa shape index (κ1) is 16.0. The van der Waals surface area contributed by atoms with Crippen molar-refractivity contribution in [3.63, 3.8) is 0 Å². The number of nitrogens with zero attached hydrogens (tertiary/aromatic N) is 2. The van der Waals surface area contributed by atoms with Gasteiger partial charge in [-0.2, -0.15) is 5.10 Å². The topological polar surface area (TPSA) is 79.2 Å². The largest absolute Gasteiger partial charge is 0.386 e. The minimum atomic E-state index is -0.934. The Hall–Kier alpha value is -2.41. The van der Waals surface area contributed by atoms with Gasteiger partial charge in [-0.25, -0.2) is 9.18 Å². The molecule has 0 bridgehead atoms. The molecule has 2 aromatic rings. The molecule has 1 aromatic heterocycles. The van der Waals surface area contributed by atoms with Crippen LogP contribution in [0.1, 0.15) is 24.3 Å². The molecule has 1 heterocycles. The third-order valence-corrected chi connectivity index (χ3v) is 3.40. The monoisotopic (exact) mass is 306 g/mol. The number of rotatable bonds is 4. The highest BCUT2D eigenvalue weighted by atomic mass is 19.1. The van der Waals surface area contributed by atoms with E-state index in [0.717, 1.165) is 5.69 Å². The van der Waals surface area contributed by atoms with Crippen molar-refractivity contribution < 1.29 is 14.3 Å². The SMILES string of the molecule is Cc1cc(NC(=O)NC(C)C(O)c2ccc(F)cc2)nn1C. The van der Waals surface area contributed by atoms with Gasteiger partial charge in [0.2, 0.25) is 0 Å². The highest BCUT2D eigenvalue weighted by Gasteiger charge is 2.19. The van der Waals surface area contributed by atoms with E-state index in [0.29, 0.717) is 11.4 Å². The third-order valence-electron chi connectivity index (χ3n) is 3.40. The van der Waals surface area contributed by atoms with E-state index in [1.54, 1.807) is 24.7 Å². The summed E-state index contributed by atoms with van der Waals surface area (Å²) in [6.45, 7) is 3.54. The molecule has 0 aliphatic rings. The van der Waals surface area contributed by atoms with Gasteiger partial charge in [0, 0.05) is 18.8 Å². The fraction of sp³-hybridized carbons (Fsp3) is 0.333. The van der Waals surface area contributed by atoms with Crippen molar-refractivity contribution in [3.8, 4) is 0 Å². The van der Waals surface area contributed by atoms with Crippen LogP contribution in [0.3, 0.4) is 0 Å². The average molecular weight is 306 g/mol. The third kappa shape index (κ3) is 3.82. The summed E-state index contributed by atoms with van der Waals surface area (Å²) < 4.78 is 14.5. The van der Waals surface area contributed by atoms with E-state index < -0.39 is 18.2 Å². The molecule has 0 saturated heterocycles. The summed E-state index contributed by atoms with van der Waals surface area (Å²) in [5.41, 5.74) is 1.44. The number of hydrogen-bond acceptors (Lipinski definition) is 3. The number of aliphatic hydroxyl groups is 1. The lowest BCUT2D eigenvalue weighted by molar-refractivity contribution is 0.139. The van der Waals surface area contributed by atoms with Crippen molar-refractivity contribution in [2.24, 2.45) is 7.05 Å². The van der Waals surface area contributed by atoms with Crippen LogP contribution < -0.4 is 10.6 Å². The second-order valence-corrected chi connectivity index (χ2v) is 5.18. The lowest BCUT2D eigenvalue weighted by atomic mass is 10.0. The van der Waals surface area contributed by atoms with Crippen LogP contribution in [0.5, 0.6) is 0 Å². The molecule has 0 fully saturated rings. The number of carbonyl (C=O) groups excluding carboxylic acids is 1. The fourth-order valence-corrected chi connectivity index (χ4v) is 2.01. The number of aliphatic hydroxyl groups excluding tert-OH is 1. The van der Waals surface area contributed by atoms with Crippen molar-refractivity contribution in [1.29, 1.82) is 0 Å². The second kappa shape index (κ2) is 6.57. The normalized spacial score (nSPS) is 13.5. The predicted octanol–water partition coefficient (Wildman–Crippen LogP) is 2.11. The Morgan fingerprint density at radius 1 is 1.36 bits per heavy atom. The van der Waals surface area contributed by atoms with Gasteiger partial charge in [0.25, 0.3) is 0 Å². The number of amides is 2. The number of anilines is 1. The molecule has 6 nitrogen and oxygen atoms in total. The maximum absolute atomic E-state index is 12.9. The molecule has 1 aromatic carbocycles. The molecule has 118 valence electrons. The van der Waals surface area contributed by atoms with Crippen LogP contribution >= 0.6 is 0 Å². The number of aromatic nitrogens is 2. The molecule has 3 N–H and O–H groups in total. The minimum Gasteiger partial charge on any atom is -0.386 e. The molecule has 0 aliphatic heterocycles. The van der Waals surface area contributed by atoms with Gasteiger partial charge in [-0.15, -0.1) is 0 Å². The zero-order valence-corrected chi connectivity index (χ0v) is 12.7. The van der Waals surface area contributed by atoms with Crippen LogP contribution in [-0.2, 0) is 7.05 Å². The van der Waals surface area contributed by atoms with Crippen molar-refractivity contribution in [2.75, 3.05) is 5.32 Å². The van der Waals surface area contributed by atoms with E-state index in [-0.39, 0.29) is 5.82 Å². The Bertz CT molecular complexity index is 635. The number of carbonyl (C=O) groups is 1. The van der Waals surface area contributed by atoms with Crippen molar-refractivity contribution in [3.05, 3.63) is 47.4 Å². The first-order chi connectivity index (χ1) is 10.4. The Labute approximate surface area is 128 Å². The smallest absolute Gasteiger partial charge is 0.320 e. The molecule has 2 atom stereocenters. The van der Waals surface area contributed by atoms with E-state index in [9.17, 15) is 14.3 Å². The Morgan fingerprint density at radius 3 is 2.55 bits per heavy atom. The molecule has 0 spiro atoms. The van der Waals surface area contributed by atoms with Gasteiger partial charge in [-0.1, -0.05) is 12.1 Å². The summed E-state index contributed by atoms with van der Waals surface area (Å²) >= 11 is 0. The molecule has 7 heteroatoms. The fourth-order valence-electron chi connectivity index (χ4n) is 2.01. The van der Waals surface area contributed by atoms with Crippen LogP contribution in [0.25, 0.3) is 0 Å². The van der Waals surface area contributed by atoms with Gasteiger partial charge in [0.1, 0.15) is 5.82 Å². The van der Waals surface area contributed by atoms with Crippen LogP contribution in [0.2, 0.25) is 0 Å². The lowest BCUT2D eigenvalue weighted by Gasteiger charge is -2.20. The van der Waals surface area contributed by atoms with Gasteiger partial charge >= 0.3 is 6.03 Å². The van der Waals surface area contributed by atoms with Gasteiger partial charge < -0.3 is 10.4 Å². The van der Waals surface area contributed by atoms with Gasteiger partial charge in [0.15, 0.2) is 5.82 Å². The first-order valence-electron chi connectivity index (χ1n) is 6.88. The highest BCUT2D eigenvalue weighted by molar-refractivity contribution is 5.88. The van der Waals surface area contributed by atoms with E-state index in [1.165, 1.54) is 24.3 Å². The maximum Gasteiger partial charge on any atom is 0.320 e. The van der Waals surface area contributed by atoms with E-state index in [4.69, 9.17) is 0 Å². The molecular weight excluding hydrogens is 287 g/mol. The number of nitrogens with one attached hydrogen (secondary N) is 2. The maximum atomic E-state index is 12.9. The molecule has 22 heavy (non-hydrogen) atoms. The molecule has 0 aliphatic carbocycles. The van der Waals surface area contributed by atoms with Crippen molar-refractivity contribution in [1.82, 2.24) is 15.1 Å². The van der Waals surface area contributed by atoms with Crippen molar-refractivity contribution in [2.45, 2.75) is 26.0 Å². The standard InChI is InChI=1S/C15H19FN4O2/c1-9-8-13(19-20(9)3)18-15(22)17-10(2)14(21)11-4-6-12(16)7-5-11/h4-8,10,14,21H,1-3H3,(H2,17,18,19,22). The average Bonchev–Trinajstić information content (AvgIpc) is 2.76. The Morgan fingerprint density at radius 2 is 2.00 bits per heavy atom. The molecular formula is C15H19FN4O2. The molecule has 0 radical (unpaired) electrons. The summed E-state index contributed by atoms with van der Waals surface area (Å²) in [6, 6.07) is 6.23. The zero-order chi connectivity index (χ0) is 16.3. The Kier molecular flexibility index (Phi) is 4.77. The summed E-state index contributed by atoms with van der Waals surface area (Å²) in [5.74, 6) is 0.0563. The lowest BCUT2D eigenvalue weighted by Crippen LogP contribution is -2.39. The summed E-state index contributed by atoms with van der Waals surface area (Å²) in [5, 5.41) is 19.5. The van der Waals surface area contributed by atoms with Crippen LogP contribution in [0.4, 0.5) is 15.0 Å². The molecule has 2 unspecified atom stereocenters. The van der Waals surface area contributed by atoms with E-state index in [2.05, 4.69) is 15.7 Å². The number of benzene rings is 1. The van der Waals surface area contributed by atoms with Gasteiger partial charge in [-0.05, 0) is 31.5 Å².